The van der Waals surface area contributed by atoms with Gasteiger partial charge in [0.25, 0.3) is 0 Å². The Morgan fingerprint density at radius 2 is 1.68 bits per heavy atom. The number of carbonyl (C=O) groups excluding carboxylic acids is 1. The molecule has 0 aromatic heterocycles. The van der Waals surface area contributed by atoms with Crippen LogP contribution in [-0.2, 0) is 0 Å². The molecule has 0 heterocycles. The highest BCUT2D eigenvalue weighted by molar-refractivity contribution is 9.09. The summed E-state index contributed by atoms with van der Waals surface area (Å²) in [5.41, 5.74) is 1.41. The average Bonchev–Trinajstić information content (AvgIpc) is 2.46. The normalized spacial score (nSPS) is 11.9. The molecule has 0 saturated heterocycles. The molecule has 0 fully saturated rings. The van der Waals surface area contributed by atoms with E-state index in [0.29, 0.717) is 5.56 Å². The minimum atomic E-state index is -0.414. The number of Topliss-reactive ketones (excluding diaryl/α,β-unsaturated/α-hetero) is 1. The highest BCUT2D eigenvalue weighted by Crippen LogP contribution is 2.28. The van der Waals surface area contributed by atoms with E-state index in [1.54, 1.807) is 19.2 Å². The summed E-state index contributed by atoms with van der Waals surface area (Å²) in [4.78, 5) is 11.8. The number of alkyl halides is 1. The molecule has 98 valence electrons. The zero-order valence-corrected chi connectivity index (χ0v) is 11.9. The molecule has 0 saturated carbocycles. The number of phenolic OH excluding ortho intramolecular Hbond substituents is 1. The Morgan fingerprint density at radius 1 is 1.11 bits per heavy atom. The lowest BCUT2D eigenvalue weighted by atomic mass is 10.0. The van der Waals surface area contributed by atoms with Crippen molar-refractivity contribution >= 4 is 21.7 Å². The Kier molecular flexibility index (Phi) is 4.22. The molecule has 2 aromatic rings. The Hall–Kier alpha value is -1.81. The van der Waals surface area contributed by atoms with E-state index in [1.807, 2.05) is 24.3 Å². The smallest absolute Gasteiger partial charge is 0.180 e. The fourth-order valence-corrected chi connectivity index (χ4v) is 2.27. The summed E-state index contributed by atoms with van der Waals surface area (Å²) in [5, 5.41) is 9.21. The van der Waals surface area contributed by atoms with E-state index in [0.717, 1.165) is 11.3 Å². The first-order valence-corrected chi connectivity index (χ1v) is 6.64. The summed E-state index contributed by atoms with van der Waals surface area (Å²) in [6.07, 6.45) is 0. The third-order valence-corrected chi connectivity index (χ3v) is 3.73. The van der Waals surface area contributed by atoms with Crippen molar-refractivity contribution in [3.05, 3.63) is 59.7 Å². The third kappa shape index (κ3) is 3.15. The minimum Gasteiger partial charge on any atom is -0.508 e. The van der Waals surface area contributed by atoms with Crippen LogP contribution >= 0.6 is 15.9 Å². The second-order valence-electron chi connectivity index (χ2n) is 4.05. The van der Waals surface area contributed by atoms with Crippen molar-refractivity contribution < 1.29 is 14.6 Å². The molecule has 0 aliphatic carbocycles. The topological polar surface area (TPSA) is 46.5 Å². The van der Waals surface area contributed by atoms with Gasteiger partial charge in [-0.05, 0) is 42.0 Å². The van der Waals surface area contributed by atoms with Gasteiger partial charge in [0.2, 0.25) is 0 Å². The predicted octanol–water partition coefficient (Wildman–Crippen LogP) is 3.72. The van der Waals surface area contributed by atoms with Gasteiger partial charge >= 0.3 is 0 Å². The van der Waals surface area contributed by atoms with Gasteiger partial charge in [-0.1, -0.05) is 28.1 Å². The number of phenols is 1. The van der Waals surface area contributed by atoms with Gasteiger partial charge in [0.05, 0.1) is 7.11 Å². The lowest BCUT2D eigenvalue weighted by Crippen LogP contribution is -2.06. The number of aromatic hydroxyl groups is 1. The van der Waals surface area contributed by atoms with Gasteiger partial charge in [-0.15, -0.1) is 0 Å². The molecule has 0 bridgehead atoms. The number of rotatable bonds is 4. The van der Waals surface area contributed by atoms with Crippen molar-refractivity contribution in [3.8, 4) is 11.5 Å². The molecular weight excluding hydrogens is 308 g/mol. The Bertz CT molecular complexity index is 561. The number of benzene rings is 2. The minimum absolute atomic E-state index is 0.0508. The Morgan fingerprint density at radius 3 is 2.21 bits per heavy atom. The molecular formula is C15H13BrO3. The molecule has 19 heavy (non-hydrogen) atoms. The van der Waals surface area contributed by atoms with Crippen LogP contribution < -0.4 is 4.74 Å². The summed E-state index contributed by atoms with van der Waals surface area (Å²) in [7, 11) is 1.60. The maximum absolute atomic E-state index is 12.3. The number of methoxy groups -OCH3 is 1. The SMILES string of the molecule is COc1ccc(C(Br)C(=O)c2ccc(O)cc2)cc1. The van der Waals surface area contributed by atoms with Gasteiger partial charge in [0.15, 0.2) is 5.78 Å². The first-order chi connectivity index (χ1) is 9.11. The zero-order chi connectivity index (χ0) is 13.8. The summed E-state index contributed by atoms with van der Waals surface area (Å²) < 4.78 is 5.08. The molecule has 4 heteroatoms. The molecule has 2 aromatic carbocycles. The Labute approximate surface area is 120 Å². The molecule has 1 unspecified atom stereocenters. The molecule has 0 spiro atoms. The summed E-state index contributed by atoms with van der Waals surface area (Å²) in [6, 6.07) is 13.5. The standard InChI is InChI=1S/C15H13BrO3/c1-19-13-8-4-10(5-9-13)14(16)15(18)11-2-6-12(17)7-3-11/h2-9,14,17H,1H3. The van der Waals surface area contributed by atoms with Crippen LogP contribution in [0, 0.1) is 0 Å². The highest BCUT2D eigenvalue weighted by Gasteiger charge is 2.18. The average molecular weight is 321 g/mol. The number of ether oxygens (including phenoxy) is 1. The first-order valence-electron chi connectivity index (χ1n) is 5.73. The second kappa shape index (κ2) is 5.89. The van der Waals surface area contributed by atoms with E-state index in [9.17, 15) is 9.90 Å². The lowest BCUT2D eigenvalue weighted by Gasteiger charge is -2.10. The van der Waals surface area contributed by atoms with Crippen molar-refractivity contribution in [2.75, 3.05) is 7.11 Å². The molecule has 2 rings (SSSR count). The monoisotopic (exact) mass is 320 g/mol. The molecule has 0 amide bonds. The van der Waals surface area contributed by atoms with E-state index in [4.69, 9.17) is 4.74 Å². The van der Waals surface area contributed by atoms with Crippen LogP contribution in [0.4, 0.5) is 0 Å². The fourth-order valence-electron chi connectivity index (χ4n) is 1.70. The van der Waals surface area contributed by atoms with Crippen LogP contribution in [0.25, 0.3) is 0 Å². The Balaban J connectivity index is 2.20. The van der Waals surface area contributed by atoms with Crippen LogP contribution in [0.1, 0.15) is 20.7 Å². The van der Waals surface area contributed by atoms with Crippen molar-refractivity contribution in [2.45, 2.75) is 4.83 Å². The molecule has 1 atom stereocenters. The summed E-state index contributed by atoms with van der Waals surface area (Å²) in [5.74, 6) is 0.845. The fraction of sp³-hybridized carbons (Fsp3) is 0.133. The summed E-state index contributed by atoms with van der Waals surface area (Å²) >= 11 is 3.40. The molecule has 3 nitrogen and oxygen atoms in total. The first kappa shape index (κ1) is 13.6. The van der Waals surface area contributed by atoms with Gasteiger partial charge < -0.3 is 9.84 Å². The molecule has 0 radical (unpaired) electrons. The van der Waals surface area contributed by atoms with E-state index >= 15 is 0 Å². The third-order valence-electron chi connectivity index (χ3n) is 2.79. The molecule has 1 N–H and O–H groups in total. The lowest BCUT2D eigenvalue weighted by molar-refractivity contribution is 0.0991. The maximum atomic E-state index is 12.3. The van der Waals surface area contributed by atoms with Crippen LogP contribution in [0.15, 0.2) is 48.5 Å². The van der Waals surface area contributed by atoms with Gasteiger partial charge in [0.1, 0.15) is 16.3 Å². The maximum Gasteiger partial charge on any atom is 0.180 e. The van der Waals surface area contributed by atoms with Crippen LogP contribution in [-0.4, -0.2) is 18.0 Å². The van der Waals surface area contributed by atoms with Crippen molar-refractivity contribution in [1.29, 1.82) is 0 Å². The summed E-state index contributed by atoms with van der Waals surface area (Å²) in [6.45, 7) is 0. The number of carbonyl (C=O) groups is 1. The quantitative estimate of drug-likeness (QED) is 0.690. The van der Waals surface area contributed by atoms with Gasteiger partial charge in [0, 0.05) is 5.56 Å². The number of hydrogen-bond donors (Lipinski definition) is 1. The van der Waals surface area contributed by atoms with Crippen molar-refractivity contribution in [1.82, 2.24) is 0 Å². The largest absolute Gasteiger partial charge is 0.508 e. The number of ketones is 1. The molecule has 0 aliphatic rings. The van der Waals surface area contributed by atoms with Crippen LogP contribution in [0.3, 0.4) is 0 Å². The zero-order valence-electron chi connectivity index (χ0n) is 10.3. The second-order valence-corrected chi connectivity index (χ2v) is 4.96. The van der Waals surface area contributed by atoms with Gasteiger partial charge in [-0.3, -0.25) is 4.79 Å². The van der Waals surface area contributed by atoms with E-state index in [-0.39, 0.29) is 11.5 Å². The van der Waals surface area contributed by atoms with Crippen LogP contribution in [0.5, 0.6) is 11.5 Å². The van der Waals surface area contributed by atoms with Crippen LogP contribution in [0.2, 0.25) is 0 Å². The van der Waals surface area contributed by atoms with Gasteiger partial charge in [-0.25, -0.2) is 0 Å². The van der Waals surface area contributed by atoms with Gasteiger partial charge in [-0.2, -0.15) is 0 Å². The predicted molar refractivity (Wildman–Crippen MR) is 77.1 cm³/mol. The molecule has 0 aliphatic heterocycles. The van der Waals surface area contributed by atoms with E-state index in [2.05, 4.69) is 15.9 Å². The van der Waals surface area contributed by atoms with Crippen molar-refractivity contribution in [3.63, 3.8) is 0 Å². The number of hydrogen-bond acceptors (Lipinski definition) is 3. The van der Waals surface area contributed by atoms with E-state index in [1.165, 1.54) is 12.1 Å². The number of halogens is 1. The van der Waals surface area contributed by atoms with Crippen molar-refractivity contribution in [2.24, 2.45) is 0 Å². The van der Waals surface area contributed by atoms with E-state index < -0.39 is 4.83 Å². The highest BCUT2D eigenvalue weighted by atomic mass is 79.9.